The fourth-order valence-corrected chi connectivity index (χ4v) is 9.86. The van der Waals surface area contributed by atoms with Crippen LogP contribution < -0.4 is 10.4 Å². The summed E-state index contributed by atoms with van der Waals surface area (Å²) in [6.07, 6.45) is 4.94. The number of rotatable bonds is 11. The van der Waals surface area contributed by atoms with Crippen molar-refractivity contribution < 1.29 is 9.53 Å². The molecule has 37 heavy (non-hydrogen) atoms. The number of benzene rings is 2. The largest absolute Gasteiger partial charge is 0.407 e. The maximum absolute atomic E-state index is 10.0. The van der Waals surface area contributed by atoms with Gasteiger partial charge in [0.2, 0.25) is 9.04 Å². The molecule has 1 aliphatic carbocycles. The van der Waals surface area contributed by atoms with E-state index in [0.29, 0.717) is 30.3 Å². The number of hydrogen-bond donors (Lipinski definition) is 1. The second-order valence-electron chi connectivity index (χ2n) is 14.1. The van der Waals surface area contributed by atoms with Crippen molar-refractivity contribution in [3.63, 3.8) is 0 Å². The van der Waals surface area contributed by atoms with Crippen LogP contribution in [-0.4, -0.2) is 26.9 Å². The summed E-state index contributed by atoms with van der Waals surface area (Å²) in [5.41, 5.74) is 0.462. The first-order valence-electron chi connectivity index (χ1n) is 14.7. The predicted octanol–water partition coefficient (Wildman–Crippen LogP) is 7.08. The van der Waals surface area contributed by atoms with Crippen LogP contribution in [0.4, 0.5) is 0 Å². The van der Waals surface area contributed by atoms with E-state index in [1.54, 1.807) is 0 Å². The fourth-order valence-electron chi connectivity index (χ4n) is 7.12. The molecule has 1 unspecified atom stereocenters. The van der Waals surface area contributed by atoms with E-state index in [4.69, 9.17) is 4.43 Å². The van der Waals surface area contributed by atoms with Crippen LogP contribution >= 0.6 is 0 Å². The molecule has 0 aliphatic heterocycles. The monoisotopic (exact) mass is 522 g/mol. The maximum atomic E-state index is 10.0. The lowest BCUT2D eigenvalue weighted by molar-refractivity contribution is -0.0105. The van der Waals surface area contributed by atoms with Crippen LogP contribution in [0.25, 0.3) is 0 Å². The van der Waals surface area contributed by atoms with Gasteiger partial charge in [-0.15, -0.1) is 0 Å². The Morgan fingerprint density at radius 2 is 1.41 bits per heavy atom. The molecule has 2 nitrogen and oxygen atoms in total. The minimum absolute atomic E-state index is 0.0471. The molecule has 0 amide bonds. The Morgan fingerprint density at radius 3 is 1.81 bits per heavy atom. The van der Waals surface area contributed by atoms with Crippen molar-refractivity contribution in [3.8, 4) is 0 Å². The van der Waals surface area contributed by atoms with Crippen LogP contribution in [0.2, 0.25) is 0 Å². The Kier molecular flexibility index (Phi) is 9.91. The SMILES string of the molecule is CC(C)[C@H](CC[C@H](C)[C@@]1(C)CC[C@@H](CO)C1(C)C)C(O[SiH](c1ccccc1)c1ccccc1)C(C)(C)C. The van der Waals surface area contributed by atoms with E-state index >= 15 is 0 Å². The van der Waals surface area contributed by atoms with Crippen molar-refractivity contribution in [1.29, 1.82) is 0 Å². The van der Waals surface area contributed by atoms with E-state index in [2.05, 4.69) is 123 Å². The Hall–Kier alpha value is -1.42. The Labute approximate surface area is 230 Å². The molecule has 5 atom stereocenters. The van der Waals surface area contributed by atoms with Crippen molar-refractivity contribution in [2.45, 2.75) is 94.1 Å². The summed E-state index contributed by atoms with van der Waals surface area (Å²) in [4.78, 5) is 0. The third-order valence-corrected chi connectivity index (χ3v) is 12.9. The lowest BCUT2D eigenvalue weighted by Gasteiger charge is -2.47. The molecule has 0 radical (unpaired) electrons. The van der Waals surface area contributed by atoms with Crippen molar-refractivity contribution in [2.24, 2.45) is 39.9 Å². The molecule has 0 spiro atoms. The van der Waals surface area contributed by atoms with Gasteiger partial charge in [0.1, 0.15) is 0 Å². The van der Waals surface area contributed by atoms with Gasteiger partial charge in [-0.25, -0.2) is 0 Å². The van der Waals surface area contributed by atoms with E-state index in [0.717, 1.165) is 6.42 Å². The number of hydrogen-bond acceptors (Lipinski definition) is 2. The van der Waals surface area contributed by atoms with Gasteiger partial charge in [0.05, 0.1) is 6.10 Å². The van der Waals surface area contributed by atoms with Crippen LogP contribution in [0, 0.1) is 39.9 Å². The normalized spacial score (nSPS) is 24.4. The minimum atomic E-state index is -1.85. The van der Waals surface area contributed by atoms with Crippen LogP contribution in [0.15, 0.2) is 60.7 Å². The molecule has 3 rings (SSSR count). The summed E-state index contributed by atoms with van der Waals surface area (Å²) in [6.45, 7) is 21.9. The molecule has 3 heteroatoms. The molecule has 0 bridgehead atoms. The van der Waals surface area contributed by atoms with Gasteiger partial charge in [-0.1, -0.05) is 123 Å². The van der Waals surface area contributed by atoms with Gasteiger partial charge >= 0.3 is 0 Å². The summed E-state index contributed by atoms with van der Waals surface area (Å²) < 4.78 is 7.37. The van der Waals surface area contributed by atoms with Gasteiger partial charge in [0, 0.05) is 6.61 Å². The Balaban J connectivity index is 1.87. The standard InChI is InChI=1S/C34H54O2Si/c1-25(2)30(21-20-26(3)34(9)23-22-27(24-35)33(34,7)8)31(32(4,5)6)36-37(28-16-12-10-13-17-28)29-18-14-11-15-19-29/h10-19,25-27,30-31,35,37H,20-24H2,1-9H3/t26-,27-,30-,31?,34+/m0/s1. The average Bonchev–Trinajstić information content (AvgIpc) is 3.09. The van der Waals surface area contributed by atoms with E-state index in [1.165, 1.54) is 29.6 Å². The highest BCUT2D eigenvalue weighted by Gasteiger charge is 2.53. The van der Waals surface area contributed by atoms with Crippen LogP contribution in [-0.2, 0) is 4.43 Å². The quantitative estimate of drug-likeness (QED) is 0.320. The smallest absolute Gasteiger partial charge is 0.240 e. The molecule has 1 N–H and O–H groups in total. The Bertz CT molecular complexity index is 909. The van der Waals surface area contributed by atoms with Gasteiger partial charge in [-0.2, -0.15) is 0 Å². The summed E-state index contributed by atoms with van der Waals surface area (Å²) in [5, 5.41) is 12.7. The molecular weight excluding hydrogens is 468 g/mol. The molecule has 2 aromatic carbocycles. The van der Waals surface area contributed by atoms with Crippen molar-refractivity contribution in [2.75, 3.05) is 6.61 Å². The second kappa shape index (κ2) is 12.2. The first-order chi connectivity index (χ1) is 17.3. The summed E-state index contributed by atoms with van der Waals surface area (Å²) in [6, 6.07) is 21.9. The molecule has 0 aromatic heterocycles. The highest BCUT2D eigenvalue weighted by molar-refractivity contribution is 6.80. The van der Waals surface area contributed by atoms with Gasteiger partial charge in [0.15, 0.2) is 0 Å². The molecule has 2 aromatic rings. The minimum Gasteiger partial charge on any atom is -0.407 e. The van der Waals surface area contributed by atoms with Gasteiger partial charge < -0.3 is 9.53 Å². The topological polar surface area (TPSA) is 29.5 Å². The highest BCUT2D eigenvalue weighted by atomic mass is 28.3. The van der Waals surface area contributed by atoms with Crippen LogP contribution in [0.5, 0.6) is 0 Å². The highest BCUT2D eigenvalue weighted by Crippen LogP contribution is 2.60. The molecule has 0 heterocycles. The van der Waals surface area contributed by atoms with E-state index in [9.17, 15) is 5.11 Å². The third-order valence-electron chi connectivity index (χ3n) is 10.3. The van der Waals surface area contributed by atoms with Gasteiger partial charge in [0.25, 0.3) is 0 Å². The zero-order chi connectivity index (χ0) is 27.4. The zero-order valence-corrected chi connectivity index (χ0v) is 26.3. The molecule has 0 saturated heterocycles. The molecule has 206 valence electrons. The first kappa shape index (κ1) is 30.1. The predicted molar refractivity (Wildman–Crippen MR) is 162 cm³/mol. The first-order valence-corrected chi connectivity index (χ1v) is 16.3. The molecular formula is C34H54O2Si. The van der Waals surface area contributed by atoms with E-state index < -0.39 is 9.04 Å². The van der Waals surface area contributed by atoms with E-state index in [-0.39, 0.29) is 22.3 Å². The lowest BCUT2D eigenvalue weighted by atomic mass is 9.59. The third kappa shape index (κ3) is 6.60. The van der Waals surface area contributed by atoms with E-state index in [1.807, 2.05) is 0 Å². The van der Waals surface area contributed by atoms with Gasteiger partial charge in [-0.3, -0.25) is 0 Å². The van der Waals surface area contributed by atoms with Crippen molar-refractivity contribution in [1.82, 2.24) is 0 Å². The molecule has 1 saturated carbocycles. The summed E-state index contributed by atoms with van der Waals surface area (Å²) in [5.74, 6) is 2.06. The van der Waals surface area contributed by atoms with Crippen molar-refractivity contribution >= 4 is 19.4 Å². The average molecular weight is 523 g/mol. The summed E-state index contributed by atoms with van der Waals surface area (Å²) in [7, 11) is -1.85. The number of aliphatic hydroxyl groups is 1. The summed E-state index contributed by atoms with van der Waals surface area (Å²) >= 11 is 0. The molecule has 1 fully saturated rings. The van der Waals surface area contributed by atoms with Crippen LogP contribution in [0.3, 0.4) is 0 Å². The molecule has 1 aliphatic rings. The lowest BCUT2D eigenvalue weighted by Crippen LogP contribution is -2.52. The van der Waals surface area contributed by atoms with Crippen LogP contribution in [0.1, 0.15) is 88.0 Å². The van der Waals surface area contributed by atoms with Gasteiger partial charge in [-0.05, 0) is 76.0 Å². The zero-order valence-electron chi connectivity index (χ0n) is 25.1. The van der Waals surface area contributed by atoms with Crippen molar-refractivity contribution in [3.05, 3.63) is 60.7 Å². The fraction of sp³-hybridized carbons (Fsp3) is 0.647. The number of aliphatic hydroxyl groups excluding tert-OH is 1. The second-order valence-corrected chi connectivity index (χ2v) is 16.4. The maximum Gasteiger partial charge on any atom is 0.240 e. The Morgan fingerprint density at radius 1 is 0.892 bits per heavy atom.